The highest BCUT2D eigenvalue weighted by atomic mass is 19.1. The Morgan fingerprint density at radius 3 is 1.87 bits per heavy atom. The fraction of sp³-hybridized carbons (Fsp3) is 0.192. The maximum absolute atomic E-state index is 13.5. The second kappa shape index (κ2) is 9.94. The highest BCUT2D eigenvalue weighted by Crippen LogP contribution is 2.32. The van der Waals surface area contributed by atoms with Crippen molar-refractivity contribution in [3.8, 4) is 0 Å². The minimum Gasteiger partial charge on any atom is -0.325 e. The van der Waals surface area contributed by atoms with Gasteiger partial charge >= 0.3 is 0 Å². The van der Waals surface area contributed by atoms with Crippen LogP contribution in [0, 0.1) is 17.7 Å². The van der Waals surface area contributed by atoms with Crippen LogP contribution in [-0.2, 0) is 9.59 Å². The van der Waals surface area contributed by atoms with Gasteiger partial charge in [-0.05, 0) is 42.0 Å². The molecule has 0 heterocycles. The molecule has 0 radical (unpaired) electrons. The van der Waals surface area contributed by atoms with E-state index in [4.69, 9.17) is 0 Å². The molecule has 3 aromatic carbocycles. The highest BCUT2D eigenvalue weighted by Gasteiger charge is 2.41. The van der Waals surface area contributed by atoms with E-state index in [-0.39, 0.29) is 11.3 Å². The van der Waals surface area contributed by atoms with Gasteiger partial charge in [0.2, 0.25) is 5.91 Å². The number of para-hydroxylation sites is 1. The van der Waals surface area contributed by atoms with Crippen molar-refractivity contribution in [3.63, 3.8) is 0 Å². The van der Waals surface area contributed by atoms with Crippen LogP contribution in [0.15, 0.2) is 84.9 Å². The number of rotatable bonds is 8. The lowest BCUT2D eigenvalue weighted by Gasteiger charge is -2.26. The van der Waals surface area contributed by atoms with Gasteiger partial charge in [0, 0.05) is 17.2 Å². The summed E-state index contributed by atoms with van der Waals surface area (Å²) in [4.78, 5) is 40.1. The molecule has 0 spiro atoms. The predicted octanol–water partition coefficient (Wildman–Crippen LogP) is 5.27. The summed E-state index contributed by atoms with van der Waals surface area (Å²) in [7, 11) is 0. The first-order chi connectivity index (χ1) is 14.9. The Kier molecular flexibility index (Phi) is 7.08. The van der Waals surface area contributed by atoms with Gasteiger partial charge in [-0.1, -0.05) is 62.4 Å². The summed E-state index contributed by atoms with van der Waals surface area (Å²) in [6.45, 7) is 3.41. The monoisotopic (exact) mass is 417 g/mol. The van der Waals surface area contributed by atoms with Crippen LogP contribution < -0.4 is 5.32 Å². The van der Waals surface area contributed by atoms with Crippen molar-refractivity contribution >= 4 is 23.2 Å². The average Bonchev–Trinajstić information content (AvgIpc) is 2.78. The zero-order chi connectivity index (χ0) is 22.4. The molecule has 0 aliphatic heterocycles. The van der Waals surface area contributed by atoms with Crippen LogP contribution in [0.5, 0.6) is 0 Å². The van der Waals surface area contributed by atoms with Crippen LogP contribution in [0.1, 0.15) is 35.7 Å². The lowest BCUT2D eigenvalue weighted by molar-refractivity contribution is -0.133. The molecular formula is C26H24FNO3. The van der Waals surface area contributed by atoms with Crippen molar-refractivity contribution in [2.45, 2.75) is 19.8 Å². The van der Waals surface area contributed by atoms with E-state index in [1.165, 1.54) is 24.3 Å². The highest BCUT2D eigenvalue weighted by molar-refractivity contribution is 6.14. The molecule has 31 heavy (non-hydrogen) atoms. The third-order valence-corrected chi connectivity index (χ3v) is 5.10. The number of amides is 1. The Hall–Kier alpha value is -3.60. The average molecular weight is 417 g/mol. The maximum Gasteiger partial charge on any atom is 0.236 e. The Morgan fingerprint density at radius 2 is 1.32 bits per heavy atom. The van der Waals surface area contributed by atoms with Crippen molar-refractivity contribution < 1.29 is 18.8 Å². The number of carbonyl (C=O) groups excluding carboxylic acids is 3. The van der Waals surface area contributed by atoms with E-state index in [1.54, 1.807) is 68.4 Å². The standard InChI is InChI=1S/C26H24FNO3/c1-17(2)24(29)23(26(31)28-21-11-7-4-8-12-21)22(18-9-5-3-6-10-18)25(30)19-13-15-20(27)16-14-19/h3-17,22-23H,1-2H3,(H,28,31)/t22-,23-/m1/s1. The molecule has 0 saturated carbocycles. The lowest BCUT2D eigenvalue weighted by atomic mass is 9.75. The normalized spacial score (nSPS) is 12.8. The van der Waals surface area contributed by atoms with Gasteiger partial charge < -0.3 is 5.32 Å². The van der Waals surface area contributed by atoms with Gasteiger partial charge in [0.05, 0.1) is 5.92 Å². The van der Waals surface area contributed by atoms with Crippen LogP contribution in [0.3, 0.4) is 0 Å². The molecule has 0 unspecified atom stereocenters. The van der Waals surface area contributed by atoms with Gasteiger partial charge in [-0.3, -0.25) is 14.4 Å². The molecular weight excluding hydrogens is 393 g/mol. The summed E-state index contributed by atoms with van der Waals surface area (Å²) >= 11 is 0. The molecule has 158 valence electrons. The smallest absolute Gasteiger partial charge is 0.236 e. The number of hydrogen-bond donors (Lipinski definition) is 1. The first-order valence-corrected chi connectivity index (χ1v) is 10.1. The quantitative estimate of drug-likeness (QED) is 0.401. The van der Waals surface area contributed by atoms with E-state index in [2.05, 4.69) is 5.32 Å². The van der Waals surface area contributed by atoms with Gasteiger partial charge in [-0.15, -0.1) is 0 Å². The lowest BCUT2D eigenvalue weighted by Crippen LogP contribution is -2.40. The van der Waals surface area contributed by atoms with Crippen LogP contribution in [-0.4, -0.2) is 17.5 Å². The van der Waals surface area contributed by atoms with Gasteiger partial charge in [0.15, 0.2) is 5.78 Å². The Balaban J connectivity index is 2.08. The first-order valence-electron chi connectivity index (χ1n) is 10.1. The second-order valence-corrected chi connectivity index (χ2v) is 7.65. The fourth-order valence-electron chi connectivity index (χ4n) is 3.49. The van der Waals surface area contributed by atoms with Gasteiger partial charge in [0.1, 0.15) is 17.5 Å². The van der Waals surface area contributed by atoms with Gasteiger partial charge in [-0.25, -0.2) is 4.39 Å². The van der Waals surface area contributed by atoms with Crippen LogP contribution in [0.25, 0.3) is 0 Å². The molecule has 0 bridgehead atoms. The fourth-order valence-corrected chi connectivity index (χ4v) is 3.49. The number of anilines is 1. The zero-order valence-electron chi connectivity index (χ0n) is 17.4. The molecule has 0 aliphatic rings. The van der Waals surface area contributed by atoms with Crippen molar-refractivity contribution in [1.29, 1.82) is 0 Å². The van der Waals surface area contributed by atoms with E-state index in [1.807, 2.05) is 6.07 Å². The number of carbonyl (C=O) groups is 3. The molecule has 0 saturated heterocycles. The van der Waals surface area contributed by atoms with E-state index in [9.17, 15) is 18.8 Å². The minimum atomic E-state index is -1.24. The van der Waals surface area contributed by atoms with Crippen LogP contribution in [0.2, 0.25) is 0 Å². The molecule has 3 rings (SSSR count). The summed E-state index contributed by atoms with van der Waals surface area (Å²) in [5.41, 5.74) is 1.33. The van der Waals surface area contributed by atoms with E-state index >= 15 is 0 Å². The molecule has 0 aliphatic carbocycles. The molecule has 4 nitrogen and oxygen atoms in total. The topological polar surface area (TPSA) is 63.2 Å². The van der Waals surface area contributed by atoms with Crippen molar-refractivity contribution in [3.05, 3.63) is 102 Å². The third-order valence-electron chi connectivity index (χ3n) is 5.10. The summed E-state index contributed by atoms with van der Waals surface area (Å²) in [6.07, 6.45) is 0. The summed E-state index contributed by atoms with van der Waals surface area (Å²) in [6, 6.07) is 22.7. The number of nitrogens with one attached hydrogen (secondary N) is 1. The summed E-state index contributed by atoms with van der Waals surface area (Å²) < 4.78 is 13.4. The van der Waals surface area contributed by atoms with Gasteiger partial charge in [0.25, 0.3) is 0 Å². The maximum atomic E-state index is 13.5. The number of hydrogen-bond acceptors (Lipinski definition) is 3. The first kappa shape index (κ1) is 22.1. The summed E-state index contributed by atoms with van der Waals surface area (Å²) in [5, 5.41) is 2.77. The van der Waals surface area contributed by atoms with E-state index in [0.29, 0.717) is 11.3 Å². The molecule has 1 amide bonds. The molecule has 2 atom stereocenters. The van der Waals surface area contributed by atoms with Gasteiger partial charge in [-0.2, -0.15) is 0 Å². The predicted molar refractivity (Wildman–Crippen MR) is 118 cm³/mol. The number of benzene rings is 3. The van der Waals surface area contributed by atoms with Crippen molar-refractivity contribution in [2.24, 2.45) is 11.8 Å². The SMILES string of the molecule is CC(C)C(=O)[C@H](C(=O)Nc1ccccc1)[C@H](C(=O)c1ccc(F)cc1)c1ccccc1. The van der Waals surface area contributed by atoms with E-state index in [0.717, 1.165) is 0 Å². The van der Waals surface area contributed by atoms with Crippen molar-refractivity contribution in [1.82, 2.24) is 0 Å². The Bertz CT molecular complexity index is 1050. The molecule has 0 fully saturated rings. The third kappa shape index (κ3) is 5.31. The molecule has 1 N–H and O–H groups in total. The zero-order valence-corrected chi connectivity index (χ0v) is 17.4. The summed E-state index contributed by atoms with van der Waals surface area (Å²) in [5.74, 6) is -4.49. The number of halogens is 1. The minimum absolute atomic E-state index is 0.240. The van der Waals surface area contributed by atoms with Crippen LogP contribution >= 0.6 is 0 Å². The van der Waals surface area contributed by atoms with Crippen LogP contribution in [0.4, 0.5) is 10.1 Å². The Morgan fingerprint density at radius 1 is 0.774 bits per heavy atom. The largest absolute Gasteiger partial charge is 0.325 e. The molecule has 5 heteroatoms. The van der Waals surface area contributed by atoms with Crippen molar-refractivity contribution in [2.75, 3.05) is 5.32 Å². The Labute approximate surface area is 181 Å². The molecule has 0 aromatic heterocycles. The number of Topliss-reactive ketones (excluding diaryl/α,β-unsaturated/α-hetero) is 2. The second-order valence-electron chi connectivity index (χ2n) is 7.65. The van der Waals surface area contributed by atoms with E-state index < -0.39 is 35.3 Å². The molecule has 3 aromatic rings. The number of ketones is 2.